The molecule has 1 atom stereocenters. The molecule has 2 aliphatic rings. The van der Waals surface area contributed by atoms with Gasteiger partial charge in [-0.3, -0.25) is 10.1 Å². The van der Waals surface area contributed by atoms with E-state index in [1.807, 2.05) is 0 Å². The number of imide groups is 1. The van der Waals surface area contributed by atoms with E-state index < -0.39 is 11.9 Å². The van der Waals surface area contributed by atoms with Gasteiger partial charge in [-0.15, -0.1) is 0 Å². The van der Waals surface area contributed by atoms with Crippen LogP contribution in [0.1, 0.15) is 19.3 Å². The van der Waals surface area contributed by atoms with Crippen molar-refractivity contribution in [2.45, 2.75) is 25.3 Å². The van der Waals surface area contributed by atoms with E-state index in [-0.39, 0.29) is 18.0 Å². The molecule has 17 heavy (non-hydrogen) atoms. The molecule has 0 aromatic rings. The lowest BCUT2D eigenvalue weighted by Crippen LogP contribution is -2.51. The Kier molecular flexibility index (Phi) is 4.02. The zero-order chi connectivity index (χ0) is 13.0. The van der Waals surface area contributed by atoms with E-state index in [0.29, 0.717) is 6.42 Å². The molecule has 0 aromatic heterocycles. The summed E-state index contributed by atoms with van der Waals surface area (Å²) in [5, 5.41) is 17.1. The highest BCUT2D eigenvalue weighted by Crippen LogP contribution is 2.22. The summed E-state index contributed by atoms with van der Waals surface area (Å²) < 4.78 is 0. The molecule has 0 bridgehead atoms. The fourth-order valence-electron chi connectivity index (χ4n) is 1.77. The summed E-state index contributed by atoms with van der Waals surface area (Å²) in [5.74, 6) is -3.77. The number of carbonyl (C=O) groups excluding carboxylic acids is 2. The second kappa shape index (κ2) is 5.28. The van der Waals surface area contributed by atoms with Crippen molar-refractivity contribution < 1.29 is 29.4 Å². The number of fused-ring (bicyclic) bond motifs is 1. The third-order valence-electron chi connectivity index (χ3n) is 2.49. The third kappa shape index (κ3) is 3.44. The molecule has 2 heterocycles. The molecule has 2 aliphatic heterocycles. The van der Waals surface area contributed by atoms with E-state index >= 15 is 0 Å². The average molecular weight is 244 g/mol. The lowest BCUT2D eigenvalue weighted by molar-refractivity contribution is -0.159. The second-order valence-corrected chi connectivity index (χ2v) is 3.66. The van der Waals surface area contributed by atoms with Gasteiger partial charge < -0.3 is 15.1 Å². The van der Waals surface area contributed by atoms with Gasteiger partial charge in [-0.25, -0.2) is 14.4 Å². The van der Waals surface area contributed by atoms with E-state index in [2.05, 4.69) is 5.32 Å². The van der Waals surface area contributed by atoms with E-state index in [1.165, 1.54) is 0 Å². The summed E-state index contributed by atoms with van der Waals surface area (Å²) in [7, 11) is 0. The summed E-state index contributed by atoms with van der Waals surface area (Å²) >= 11 is 0. The van der Waals surface area contributed by atoms with Crippen molar-refractivity contribution in [2.24, 2.45) is 0 Å². The minimum Gasteiger partial charge on any atom is -0.473 e. The zero-order valence-electron chi connectivity index (χ0n) is 8.88. The van der Waals surface area contributed by atoms with Gasteiger partial charge in [0.25, 0.3) is 0 Å². The topological polar surface area (TPSA) is 124 Å². The van der Waals surface area contributed by atoms with E-state index in [1.54, 1.807) is 4.90 Å². The number of hydrogen-bond acceptors (Lipinski definition) is 4. The number of nitrogens with zero attached hydrogens (tertiary/aromatic N) is 1. The van der Waals surface area contributed by atoms with Crippen LogP contribution in [-0.2, 0) is 14.4 Å². The number of hydrogen-bond donors (Lipinski definition) is 3. The maximum absolute atomic E-state index is 11.1. The molecule has 1 unspecified atom stereocenters. The van der Waals surface area contributed by atoms with Gasteiger partial charge >= 0.3 is 18.0 Å². The van der Waals surface area contributed by atoms with Crippen molar-refractivity contribution in [3.8, 4) is 0 Å². The molecule has 8 heteroatoms. The van der Waals surface area contributed by atoms with Gasteiger partial charge in [-0.2, -0.15) is 0 Å². The van der Waals surface area contributed by atoms with E-state index in [9.17, 15) is 9.59 Å². The Morgan fingerprint density at radius 3 is 2.35 bits per heavy atom. The predicted molar refractivity (Wildman–Crippen MR) is 53.2 cm³/mol. The minimum absolute atomic E-state index is 0.127. The van der Waals surface area contributed by atoms with Crippen molar-refractivity contribution in [1.82, 2.24) is 10.2 Å². The molecule has 0 aliphatic carbocycles. The van der Waals surface area contributed by atoms with Crippen LogP contribution in [0.25, 0.3) is 0 Å². The third-order valence-corrected chi connectivity index (χ3v) is 2.49. The molecule has 0 saturated carbocycles. The molecule has 2 rings (SSSR count). The van der Waals surface area contributed by atoms with Crippen molar-refractivity contribution in [2.75, 3.05) is 6.54 Å². The van der Waals surface area contributed by atoms with Crippen molar-refractivity contribution in [3.05, 3.63) is 0 Å². The van der Waals surface area contributed by atoms with Crippen LogP contribution in [0.15, 0.2) is 0 Å². The number of nitrogens with one attached hydrogen (secondary N) is 1. The van der Waals surface area contributed by atoms with Crippen LogP contribution >= 0.6 is 0 Å². The summed E-state index contributed by atoms with van der Waals surface area (Å²) in [5.41, 5.74) is 0. The molecule has 3 N–H and O–H groups in total. The molecule has 0 spiro atoms. The Morgan fingerprint density at radius 1 is 1.24 bits per heavy atom. The summed E-state index contributed by atoms with van der Waals surface area (Å²) in [4.78, 5) is 41.9. The van der Waals surface area contributed by atoms with Crippen LogP contribution in [0.5, 0.6) is 0 Å². The van der Waals surface area contributed by atoms with E-state index in [0.717, 1.165) is 19.4 Å². The fourth-order valence-corrected chi connectivity index (χ4v) is 1.77. The first-order valence-corrected chi connectivity index (χ1v) is 4.98. The first-order valence-electron chi connectivity index (χ1n) is 4.98. The smallest absolute Gasteiger partial charge is 0.414 e. The highest BCUT2D eigenvalue weighted by molar-refractivity contribution is 6.27. The number of carbonyl (C=O) groups is 4. The Hall–Kier alpha value is -2.12. The molecule has 3 amide bonds. The molecule has 94 valence electrons. The van der Waals surface area contributed by atoms with Crippen molar-refractivity contribution in [1.29, 1.82) is 0 Å². The highest BCUT2D eigenvalue weighted by Gasteiger charge is 2.35. The minimum atomic E-state index is -1.82. The number of amides is 3. The number of carboxylic acid groups (broad SMARTS) is 2. The zero-order valence-corrected chi connectivity index (χ0v) is 8.88. The summed E-state index contributed by atoms with van der Waals surface area (Å²) in [6, 6.07) is -0.0139. The standard InChI is InChI=1S/C7H10N2O2.C2H2O4/c10-6-4-5-2-1-3-9(5)7(11)8-6;3-1(4)2(5)6/h5H,1-4H2,(H,8,10,11);(H,3,4)(H,5,6). The summed E-state index contributed by atoms with van der Waals surface area (Å²) in [6.07, 6.45) is 2.51. The maximum Gasteiger partial charge on any atom is 0.414 e. The quantitative estimate of drug-likeness (QED) is 0.481. The molecule has 0 radical (unpaired) electrons. The van der Waals surface area contributed by atoms with Crippen molar-refractivity contribution >= 4 is 23.9 Å². The Morgan fingerprint density at radius 2 is 1.82 bits per heavy atom. The molecule has 2 saturated heterocycles. The van der Waals surface area contributed by atoms with Crippen LogP contribution in [0, 0.1) is 0 Å². The predicted octanol–water partition coefficient (Wildman–Crippen LogP) is -0.754. The fraction of sp³-hybridized carbons (Fsp3) is 0.556. The van der Waals surface area contributed by atoms with Crippen LogP contribution in [0.3, 0.4) is 0 Å². The van der Waals surface area contributed by atoms with E-state index in [4.69, 9.17) is 19.8 Å². The lowest BCUT2D eigenvalue weighted by atomic mass is 10.1. The van der Waals surface area contributed by atoms with Crippen molar-refractivity contribution in [3.63, 3.8) is 0 Å². The van der Waals surface area contributed by atoms with Crippen LogP contribution in [0.4, 0.5) is 4.79 Å². The summed E-state index contributed by atoms with van der Waals surface area (Å²) in [6.45, 7) is 0.809. The van der Waals surface area contributed by atoms with Crippen LogP contribution < -0.4 is 5.32 Å². The van der Waals surface area contributed by atoms with Gasteiger partial charge in [-0.1, -0.05) is 0 Å². The number of aliphatic carboxylic acids is 2. The van der Waals surface area contributed by atoms with Crippen LogP contribution in [0.2, 0.25) is 0 Å². The van der Waals surface area contributed by atoms with Gasteiger partial charge in [0, 0.05) is 19.0 Å². The normalized spacial score (nSPS) is 22.1. The largest absolute Gasteiger partial charge is 0.473 e. The van der Waals surface area contributed by atoms with Gasteiger partial charge in [0.1, 0.15) is 0 Å². The Labute approximate surface area is 96.2 Å². The number of rotatable bonds is 0. The van der Waals surface area contributed by atoms with Gasteiger partial charge in [0.05, 0.1) is 0 Å². The molecule has 8 nitrogen and oxygen atoms in total. The Bertz CT molecular complexity index is 354. The average Bonchev–Trinajstić information content (AvgIpc) is 2.66. The van der Waals surface area contributed by atoms with Gasteiger partial charge in [0.2, 0.25) is 5.91 Å². The molecule has 2 fully saturated rings. The van der Waals surface area contributed by atoms with Gasteiger partial charge in [-0.05, 0) is 12.8 Å². The number of urea groups is 1. The first-order chi connectivity index (χ1) is 7.91. The lowest BCUT2D eigenvalue weighted by Gasteiger charge is -2.28. The monoisotopic (exact) mass is 244 g/mol. The SMILES string of the molecule is O=C(O)C(=O)O.O=C1CC2CCCN2C(=O)N1. The molecular formula is C9H12N2O6. The molecule has 0 aromatic carbocycles. The second-order valence-electron chi connectivity index (χ2n) is 3.66. The van der Waals surface area contributed by atoms with Gasteiger partial charge in [0.15, 0.2) is 0 Å². The first kappa shape index (κ1) is 12.9. The Balaban J connectivity index is 0.000000209. The highest BCUT2D eigenvalue weighted by atomic mass is 16.4. The molecular weight excluding hydrogens is 232 g/mol. The van der Waals surface area contributed by atoms with Crippen LogP contribution in [-0.4, -0.2) is 51.6 Å². The number of carboxylic acids is 2. The maximum atomic E-state index is 11.1.